The van der Waals surface area contributed by atoms with E-state index in [0.29, 0.717) is 11.4 Å². The van der Waals surface area contributed by atoms with Crippen molar-refractivity contribution < 1.29 is 0 Å². The van der Waals surface area contributed by atoms with Crippen molar-refractivity contribution in [2.24, 2.45) is 0 Å². The van der Waals surface area contributed by atoms with Crippen LogP contribution in [0, 0.1) is 0 Å². The van der Waals surface area contributed by atoms with Gasteiger partial charge < -0.3 is 11.5 Å². The number of nitrogen functional groups attached to an aromatic ring is 2. The molecule has 2 aromatic rings. The number of benzene rings is 1. The van der Waals surface area contributed by atoms with Crippen LogP contribution in [0.15, 0.2) is 24.4 Å². The molecule has 0 bridgehead atoms. The molecule has 1 fully saturated rings. The third-order valence-electron chi connectivity index (χ3n) is 3.01. The van der Waals surface area contributed by atoms with E-state index in [0.717, 1.165) is 16.8 Å². The minimum absolute atomic E-state index is 0.565. The number of pyridine rings is 1. The summed E-state index contributed by atoms with van der Waals surface area (Å²) in [5.74, 6) is 0.732. The minimum Gasteiger partial charge on any atom is -0.396 e. The fraction of sp³-hybridized carbons (Fsp3) is 0.250. The average molecular weight is 199 g/mol. The normalized spacial score (nSPS) is 15.7. The van der Waals surface area contributed by atoms with Gasteiger partial charge in [0.05, 0.1) is 23.1 Å². The van der Waals surface area contributed by atoms with E-state index in [4.69, 9.17) is 11.5 Å². The van der Waals surface area contributed by atoms with Crippen molar-refractivity contribution in [3.05, 3.63) is 30.0 Å². The van der Waals surface area contributed by atoms with Crippen molar-refractivity contribution in [3.63, 3.8) is 0 Å². The van der Waals surface area contributed by atoms with Crippen LogP contribution in [-0.2, 0) is 0 Å². The molecule has 15 heavy (non-hydrogen) atoms. The van der Waals surface area contributed by atoms with Crippen molar-refractivity contribution in [1.29, 1.82) is 0 Å². The first-order valence-corrected chi connectivity index (χ1v) is 5.19. The van der Waals surface area contributed by atoms with Crippen molar-refractivity contribution in [2.75, 3.05) is 11.5 Å². The Morgan fingerprint density at radius 2 is 2.00 bits per heavy atom. The molecule has 1 heterocycles. The topological polar surface area (TPSA) is 64.9 Å². The Morgan fingerprint density at radius 3 is 2.73 bits per heavy atom. The molecule has 0 aliphatic heterocycles. The quantitative estimate of drug-likeness (QED) is 0.740. The van der Waals surface area contributed by atoms with Gasteiger partial charge in [-0.25, -0.2) is 0 Å². The molecular weight excluding hydrogens is 186 g/mol. The number of hydrogen-bond acceptors (Lipinski definition) is 3. The number of fused-ring (bicyclic) bond motifs is 1. The fourth-order valence-electron chi connectivity index (χ4n) is 1.92. The Balaban J connectivity index is 2.27. The van der Waals surface area contributed by atoms with E-state index in [9.17, 15) is 0 Å². The van der Waals surface area contributed by atoms with Gasteiger partial charge in [-0.1, -0.05) is 6.07 Å². The first-order valence-electron chi connectivity index (χ1n) is 5.19. The average Bonchev–Trinajstić information content (AvgIpc) is 3.07. The maximum atomic E-state index is 5.94. The van der Waals surface area contributed by atoms with E-state index in [1.54, 1.807) is 6.20 Å². The third kappa shape index (κ3) is 1.31. The van der Waals surface area contributed by atoms with Crippen LogP contribution in [0.2, 0.25) is 0 Å². The number of rotatable bonds is 1. The molecule has 0 spiro atoms. The van der Waals surface area contributed by atoms with Gasteiger partial charge in [0.1, 0.15) is 0 Å². The Bertz CT molecular complexity index is 530. The molecule has 4 N–H and O–H groups in total. The first kappa shape index (κ1) is 8.53. The third-order valence-corrected chi connectivity index (χ3v) is 3.01. The van der Waals surface area contributed by atoms with E-state index < -0.39 is 0 Å². The van der Waals surface area contributed by atoms with Gasteiger partial charge in [-0.2, -0.15) is 0 Å². The summed E-state index contributed by atoms with van der Waals surface area (Å²) in [5.41, 5.74) is 15.2. The molecule has 0 amide bonds. The van der Waals surface area contributed by atoms with Crippen LogP contribution in [0.4, 0.5) is 11.4 Å². The maximum Gasteiger partial charge on any atom is 0.0740 e. The van der Waals surface area contributed by atoms with Crippen molar-refractivity contribution >= 4 is 22.3 Å². The molecule has 1 aliphatic carbocycles. The molecule has 3 heteroatoms. The Kier molecular flexibility index (Phi) is 1.63. The summed E-state index contributed by atoms with van der Waals surface area (Å²) < 4.78 is 0. The van der Waals surface area contributed by atoms with Gasteiger partial charge in [-0.15, -0.1) is 0 Å². The highest BCUT2D eigenvalue weighted by Gasteiger charge is 2.23. The van der Waals surface area contributed by atoms with Crippen molar-refractivity contribution in [2.45, 2.75) is 18.8 Å². The Hall–Kier alpha value is -1.77. The monoisotopic (exact) mass is 199 g/mol. The van der Waals surface area contributed by atoms with Crippen LogP contribution in [0.1, 0.15) is 24.3 Å². The summed E-state index contributed by atoms with van der Waals surface area (Å²) in [6.45, 7) is 0. The number of hydrogen-bond donors (Lipinski definition) is 2. The second-order valence-corrected chi connectivity index (χ2v) is 4.18. The number of nitrogens with two attached hydrogens (primary N) is 2. The number of nitrogens with zero attached hydrogens (tertiary/aromatic N) is 1. The molecular formula is C12H13N3. The molecule has 1 aromatic heterocycles. The molecule has 1 aromatic carbocycles. The van der Waals surface area contributed by atoms with E-state index in [1.807, 2.05) is 6.07 Å². The smallest absolute Gasteiger partial charge is 0.0740 e. The first-order chi connectivity index (χ1) is 7.25. The molecule has 1 aliphatic rings. The van der Waals surface area contributed by atoms with Crippen molar-refractivity contribution in [3.8, 4) is 0 Å². The lowest BCUT2D eigenvalue weighted by Gasteiger charge is -2.06. The SMILES string of the molecule is Nc1cnc2ccc(C3CC3)cc2c1N. The summed E-state index contributed by atoms with van der Waals surface area (Å²) in [6.07, 6.45) is 4.21. The number of anilines is 2. The maximum absolute atomic E-state index is 5.94. The summed E-state index contributed by atoms with van der Waals surface area (Å²) in [7, 11) is 0. The van der Waals surface area contributed by atoms with Crippen LogP contribution >= 0.6 is 0 Å². The molecule has 0 atom stereocenters. The van der Waals surface area contributed by atoms with Crippen LogP contribution in [0.3, 0.4) is 0 Å². The standard InChI is InChI=1S/C12H13N3/c13-10-6-15-11-4-3-8(7-1-2-7)5-9(11)12(10)14/h3-7H,1-2,13H2,(H2,14,15). The lowest BCUT2D eigenvalue weighted by molar-refractivity contribution is 1.14. The zero-order chi connectivity index (χ0) is 10.4. The lowest BCUT2D eigenvalue weighted by Crippen LogP contribution is -1.97. The van der Waals surface area contributed by atoms with E-state index in [2.05, 4.69) is 17.1 Å². The number of aromatic nitrogens is 1. The van der Waals surface area contributed by atoms with Crippen LogP contribution in [-0.4, -0.2) is 4.98 Å². The highest BCUT2D eigenvalue weighted by Crippen LogP contribution is 2.41. The van der Waals surface area contributed by atoms with Gasteiger partial charge in [0, 0.05) is 5.39 Å². The molecule has 0 saturated heterocycles. The predicted octanol–water partition coefficient (Wildman–Crippen LogP) is 2.28. The van der Waals surface area contributed by atoms with Gasteiger partial charge in [-0.3, -0.25) is 4.98 Å². The molecule has 1 saturated carbocycles. The van der Waals surface area contributed by atoms with Crippen LogP contribution in [0.25, 0.3) is 10.9 Å². The van der Waals surface area contributed by atoms with Gasteiger partial charge in [-0.05, 0) is 36.5 Å². The highest BCUT2D eigenvalue weighted by atomic mass is 14.8. The van der Waals surface area contributed by atoms with Gasteiger partial charge in [0.15, 0.2) is 0 Å². The van der Waals surface area contributed by atoms with E-state index in [1.165, 1.54) is 18.4 Å². The van der Waals surface area contributed by atoms with Gasteiger partial charge in [0.2, 0.25) is 0 Å². The summed E-state index contributed by atoms with van der Waals surface area (Å²) >= 11 is 0. The second-order valence-electron chi connectivity index (χ2n) is 4.18. The highest BCUT2D eigenvalue weighted by molar-refractivity contribution is 5.95. The Labute approximate surface area is 88.1 Å². The molecule has 0 unspecified atom stereocenters. The molecule has 3 rings (SSSR count). The minimum atomic E-state index is 0.565. The molecule has 3 nitrogen and oxygen atoms in total. The Morgan fingerprint density at radius 1 is 1.20 bits per heavy atom. The lowest BCUT2D eigenvalue weighted by atomic mass is 10.1. The zero-order valence-electron chi connectivity index (χ0n) is 8.40. The van der Waals surface area contributed by atoms with Gasteiger partial charge in [0.25, 0.3) is 0 Å². The summed E-state index contributed by atoms with van der Waals surface area (Å²) in [6, 6.07) is 6.30. The van der Waals surface area contributed by atoms with E-state index in [-0.39, 0.29) is 0 Å². The second kappa shape index (κ2) is 2.86. The predicted molar refractivity (Wildman–Crippen MR) is 62.5 cm³/mol. The fourth-order valence-corrected chi connectivity index (χ4v) is 1.92. The van der Waals surface area contributed by atoms with Crippen LogP contribution in [0.5, 0.6) is 0 Å². The molecule has 76 valence electrons. The largest absolute Gasteiger partial charge is 0.396 e. The van der Waals surface area contributed by atoms with Crippen LogP contribution < -0.4 is 11.5 Å². The van der Waals surface area contributed by atoms with Gasteiger partial charge >= 0.3 is 0 Å². The van der Waals surface area contributed by atoms with Crippen molar-refractivity contribution in [1.82, 2.24) is 4.98 Å². The summed E-state index contributed by atoms with van der Waals surface area (Å²) in [5, 5.41) is 0.986. The molecule has 0 radical (unpaired) electrons. The zero-order valence-corrected chi connectivity index (χ0v) is 8.40. The summed E-state index contributed by atoms with van der Waals surface area (Å²) in [4.78, 5) is 4.26. The van der Waals surface area contributed by atoms with E-state index >= 15 is 0 Å².